The van der Waals surface area contributed by atoms with Gasteiger partial charge in [0.1, 0.15) is 0 Å². The predicted octanol–water partition coefficient (Wildman–Crippen LogP) is 0.705. The first-order valence-electron chi connectivity index (χ1n) is 6.26. The highest BCUT2D eigenvalue weighted by atomic mass is 16.3. The van der Waals surface area contributed by atoms with Crippen LogP contribution in [-0.4, -0.2) is 40.8 Å². The number of amides is 1. The van der Waals surface area contributed by atoms with Gasteiger partial charge in [0.25, 0.3) is 0 Å². The monoisotopic (exact) mass is 226 g/mol. The number of carbonyl (C=O) groups excluding carboxylic acids is 1. The van der Waals surface area contributed by atoms with Crippen molar-refractivity contribution >= 4 is 5.91 Å². The first-order chi connectivity index (χ1) is 7.52. The van der Waals surface area contributed by atoms with Crippen molar-refractivity contribution in [1.29, 1.82) is 0 Å². The van der Waals surface area contributed by atoms with Gasteiger partial charge in [0.15, 0.2) is 0 Å². The zero-order valence-electron chi connectivity index (χ0n) is 10.2. The molecule has 1 amide bonds. The summed E-state index contributed by atoms with van der Waals surface area (Å²) < 4.78 is 0. The van der Waals surface area contributed by atoms with Crippen LogP contribution in [0.2, 0.25) is 0 Å². The molecule has 0 aromatic heterocycles. The number of hydrogen-bond donors (Lipinski definition) is 2. The van der Waals surface area contributed by atoms with Gasteiger partial charge in [-0.05, 0) is 31.6 Å². The van der Waals surface area contributed by atoms with E-state index in [0.717, 1.165) is 32.2 Å². The molecule has 2 rings (SSSR count). The number of aliphatic hydroxyl groups is 1. The second kappa shape index (κ2) is 4.34. The van der Waals surface area contributed by atoms with Gasteiger partial charge in [0, 0.05) is 6.54 Å². The molecule has 4 heteroatoms. The molecule has 0 atom stereocenters. The van der Waals surface area contributed by atoms with Crippen molar-refractivity contribution in [1.82, 2.24) is 10.2 Å². The topological polar surface area (TPSA) is 52.6 Å². The molecule has 16 heavy (non-hydrogen) atoms. The van der Waals surface area contributed by atoms with E-state index in [0.29, 0.717) is 12.5 Å². The molecule has 0 unspecified atom stereocenters. The van der Waals surface area contributed by atoms with Crippen molar-refractivity contribution in [3.8, 4) is 0 Å². The third-order valence-corrected chi connectivity index (χ3v) is 3.68. The average Bonchev–Trinajstić information content (AvgIpc) is 2.48. The van der Waals surface area contributed by atoms with Crippen molar-refractivity contribution < 1.29 is 9.90 Å². The molecular weight excluding hydrogens is 204 g/mol. The molecule has 1 aliphatic heterocycles. The highest BCUT2D eigenvalue weighted by molar-refractivity contribution is 5.81. The Morgan fingerprint density at radius 3 is 2.69 bits per heavy atom. The van der Waals surface area contributed by atoms with Crippen molar-refractivity contribution in [3.05, 3.63) is 0 Å². The molecule has 1 spiro atoms. The summed E-state index contributed by atoms with van der Waals surface area (Å²) in [5, 5.41) is 12.7. The number of nitrogens with one attached hydrogen (secondary N) is 1. The Bertz CT molecular complexity index is 270. The molecular formula is C12H22N2O2. The minimum atomic E-state index is -0.177. The fraction of sp³-hybridized carbons (Fsp3) is 0.917. The van der Waals surface area contributed by atoms with Crippen LogP contribution in [0.15, 0.2) is 0 Å². The third kappa shape index (κ3) is 2.23. The van der Waals surface area contributed by atoms with Crippen molar-refractivity contribution in [2.24, 2.45) is 5.92 Å². The molecule has 0 bridgehead atoms. The van der Waals surface area contributed by atoms with Gasteiger partial charge in [-0.25, -0.2) is 0 Å². The summed E-state index contributed by atoms with van der Waals surface area (Å²) in [7, 11) is 0. The van der Waals surface area contributed by atoms with Gasteiger partial charge < -0.3 is 10.4 Å². The van der Waals surface area contributed by atoms with Gasteiger partial charge >= 0.3 is 0 Å². The van der Waals surface area contributed by atoms with Gasteiger partial charge in [-0.3, -0.25) is 9.69 Å². The lowest BCUT2D eigenvalue weighted by Gasteiger charge is -2.42. The molecule has 92 valence electrons. The lowest BCUT2D eigenvalue weighted by Crippen LogP contribution is -2.55. The SMILES string of the molecule is CC(C)CN1CC(=O)NC12CCC(O)CC2. The zero-order valence-corrected chi connectivity index (χ0v) is 10.2. The fourth-order valence-corrected chi connectivity index (χ4v) is 2.90. The number of hydrogen-bond acceptors (Lipinski definition) is 3. The Hall–Kier alpha value is -0.610. The number of nitrogens with zero attached hydrogens (tertiary/aromatic N) is 1. The van der Waals surface area contributed by atoms with Crippen molar-refractivity contribution in [3.63, 3.8) is 0 Å². The Morgan fingerprint density at radius 1 is 1.50 bits per heavy atom. The maximum atomic E-state index is 11.6. The minimum Gasteiger partial charge on any atom is -0.393 e. The van der Waals surface area contributed by atoms with Gasteiger partial charge in [-0.15, -0.1) is 0 Å². The molecule has 2 aliphatic rings. The molecule has 0 aromatic carbocycles. The molecule has 2 fully saturated rings. The van der Waals surface area contributed by atoms with Gasteiger partial charge in [-0.2, -0.15) is 0 Å². The Balaban J connectivity index is 2.08. The van der Waals surface area contributed by atoms with Crippen LogP contribution >= 0.6 is 0 Å². The fourth-order valence-electron chi connectivity index (χ4n) is 2.90. The second-order valence-corrected chi connectivity index (χ2v) is 5.59. The van der Waals surface area contributed by atoms with Crippen molar-refractivity contribution in [2.45, 2.75) is 51.3 Å². The molecule has 1 aliphatic carbocycles. The van der Waals surface area contributed by atoms with Crippen LogP contribution in [-0.2, 0) is 4.79 Å². The van der Waals surface area contributed by atoms with Crippen LogP contribution in [0.5, 0.6) is 0 Å². The Labute approximate surface area is 97.0 Å². The number of carbonyl (C=O) groups is 1. The first kappa shape index (κ1) is 11.9. The van der Waals surface area contributed by atoms with Crippen LogP contribution in [0.25, 0.3) is 0 Å². The van der Waals surface area contributed by atoms with Crippen LogP contribution in [0.4, 0.5) is 0 Å². The van der Waals surface area contributed by atoms with Crippen LogP contribution in [0.1, 0.15) is 39.5 Å². The maximum absolute atomic E-state index is 11.6. The van der Waals surface area contributed by atoms with E-state index in [9.17, 15) is 9.90 Å². The Kier molecular flexibility index (Phi) is 3.22. The maximum Gasteiger partial charge on any atom is 0.235 e. The normalized spacial score (nSPS) is 36.0. The van der Waals surface area contributed by atoms with E-state index in [2.05, 4.69) is 24.1 Å². The summed E-state index contributed by atoms with van der Waals surface area (Å²) in [5.41, 5.74) is -0.152. The molecule has 2 N–H and O–H groups in total. The number of aliphatic hydroxyl groups excluding tert-OH is 1. The summed E-state index contributed by atoms with van der Waals surface area (Å²) in [5.74, 6) is 0.702. The van der Waals surface area contributed by atoms with E-state index in [1.165, 1.54) is 0 Å². The standard InChI is InChI=1S/C12H22N2O2/c1-9(2)7-14-8-11(16)13-12(14)5-3-10(15)4-6-12/h9-10,15H,3-8H2,1-2H3,(H,13,16). The smallest absolute Gasteiger partial charge is 0.235 e. The molecule has 4 nitrogen and oxygen atoms in total. The van der Waals surface area contributed by atoms with E-state index >= 15 is 0 Å². The summed E-state index contributed by atoms with van der Waals surface area (Å²) in [6.45, 7) is 5.82. The van der Waals surface area contributed by atoms with E-state index < -0.39 is 0 Å². The van der Waals surface area contributed by atoms with E-state index in [1.807, 2.05) is 0 Å². The van der Waals surface area contributed by atoms with E-state index in [4.69, 9.17) is 0 Å². The highest BCUT2D eigenvalue weighted by Gasteiger charge is 2.46. The predicted molar refractivity (Wildman–Crippen MR) is 61.8 cm³/mol. The molecule has 0 aromatic rings. The van der Waals surface area contributed by atoms with Crippen LogP contribution in [0.3, 0.4) is 0 Å². The number of rotatable bonds is 2. The Morgan fingerprint density at radius 2 is 2.12 bits per heavy atom. The minimum absolute atomic E-state index is 0.136. The largest absolute Gasteiger partial charge is 0.393 e. The van der Waals surface area contributed by atoms with E-state index in [-0.39, 0.29) is 17.7 Å². The summed E-state index contributed by atoms with van der Waals surface area (Å²) in [4.78, 5) is 13.8. The van der Waals surface area contributed by atoms with Gasteiger partial charge in [0.2, 0.25) is 5.91 Å². The summed E-state index contributed by atoms with van der Waals surface area (Å²) in [6.07, 6.45) is 3.19. The quantitative estimate of drug-likeness (QED) is 0.729. The lowest BCUT2D eigenvalue weighted by atomic mass is 9.86. The van der Waals surface area contributed by atoms with E-state index in [1.54, 1.807) is 0 Å². The highest BCUT2D eigenvalue weighted by Crippen LogP contribution is 2.34. The summed E-state index contributed by atoms with van der Waals surface area (Å²) in [6, 6.07) is 0. The van der Waals surface area contributed by atoms with Crippen LogP contribution < -0.4 is 5.32 Å². The van der Waals surface area contributed by atoms with Crippen LogP contribution in [0, 0.1) is 5.92 Å². The molecule has 1 saturated carbocycles. The zero-order chi connectivity index (χ0) is 11.8. The first-order valence-corrected chi connectivity index (χ1v) is 6.26. The van der Waals surface area contributed by atoms with Gasteiger partial charge in [-0.1, -0.05) is 13.8 Å². The van der Waals surface area contributed by atoms with Gasteiger partial charge in [0.05, 0.1) is 18.3 Å². The molecule has 0 radical (unpaired) electrons. The van der Waals surface area contributed by atoms with Crippen molar-refractivity contribution in [2.75, 3.05) is 13.1 Å². The molecule has 1 heterocycles. The average molecular weight is 226 g/mol. The summed E-state index contributed by atoms with van der Waals surface area (Å²) >= 11 is 0. The molecule has 1 saturated heterocycles. The third-order valence-electron chi connectivity index (χ3n) is 3.68. The second-order valence-electron chi connectivity index (χ2n) is 5.59. The lowest BCUT2D eigenvalue weighted by molar-refractivity contribution is -0.119.